The van der Waals surface area contributed by atoms with Gasteiger partial charge in [0.1, 0.15) is 10.6 Å². The number of rotatable bonds is 3. The SMILES string of the molecule is O=S(=O)(c1cn[nH]c1C(F)F)N1CCNCC1. The molecular formula is C8H12F2N4O2S. The fourth-order valence-corrected chi connectivity index (χ4v) is 3.21. The van der Waals surface area contributed by atoms with Crippen LogP contribution >= 0.6 is 0 Å². The first kappa shape index (κ1) is 12.4. The zero-order chi connectivity index (χ0) is 12.5. The van der Waals surface area contributed by atoms with Crippen molar-refractivity contribution in [2.45, 2.75) is 11.3 Å². The summed E-state index contributed by atoms with van der Waals surface area (Å²) in [5, 5.41) is 8.40. The van der Waals surface area contributed by atoms with Crippen LogP contribution in [0.4, 0.5) is 8.78 Å². The monoisotopic (exact) mass is 266 g/mol. The number of halogens is 2. The first-order valence-electron chi connectivity index (χ1n) is 5.06. The van der Waals surface area contributed by atoms with E-state index in [9.17, 15) is 17.2 Å². The fraction of sp³-hybridized carbons (Fsp3) is 0.625. The van der Waals surface area contributed by atoms with Gasteiger partial charge < -0.3 is 5.32 Å². The molecule has 0 radical (unpaired) electrons. The van der Waals surface area contributed by atoms with Crippen LogP contribution in [-0.2, 0) is 10.0 Å². The summed E-state index contributed by atoms with van der Waals surface area (Å²) in [4.78, 5) is -0.436. The van der Waals surface area contributed by atoms with Gasteiger partial charge in [0.25, 0.3) is 6.43 Å². The minimum absolute atomic E-state index is 0.274. The number of aromatic amines is 1. The van der Waals surface area contributed by atoms with Crippen LogP contribution in [-0.4, -0.2) is 49.1 Å². The summed E-state index contributed by atoms with van der Waals surface area (Å²) in [5.74, 6) is 0. The number of hydrogen-bond acceptors (Lipinski definition) is 4. The molecule has 1 aromatic rings. The van der Waals surface area contributed by atoms with E-state index in [0.29, 0.717) is 13.1 Å². The van der Waals surface area contributed by atoms with Gasteiger partial charge in [-0.05, 0) is 0 Å². The van der Waals surface area contributed by atoms with E-state index in [1.807, 2.05) is 5.10 Å². The van der Waals surface area contributed by atoms with Gasteiger partial charge in [0.2, 0.25) is 10.0 Å². The number of aromatic nitrogens is 2. The van der Waals surface area contributed by atoms with Gasteiger partial charge >= 0.3 is 0 Å². The Morgan fingerprint density at radius 1 is 1.35 bits per heavy atom. The van der Waals surface area contributed by atoms with Crippen LogP contribution in [0.5, 0.6) is 0 Å². The van der Waals surface area contributed by atoms with Gasteiger partial charge in [-0.3, -0.25) is 5.10 Å². The molecule has 6 nitrogen and oxygen atoms in total. The van der Waals surface area contributed by atoms with Crippen molar-refractivity contribution in [1.82, 2.24) is 19.8 Å². The number of alkyl halides is 2. The fourth-order valence-electron chi connectivity index (χ4n) is 1.67. The summed E-state index contributed by atoms with van der Waals surface area (Å²) < 4.78 is 50.5. The second-order valence-electron chi connectivity index (χ2n) is 3.60. The van der Waals surface area contributed by atoms with E-state index in [1.165, 1.54) is 4.31 Å². The summed E-state index contributed by atoms with van der Waals surface area (Å²) in [6, 6.07) is 0. The van der Waals surface area contributed by atoms with Crippen molar-refractivity contribution in [3.05, 3.63) is 11.9 Å². The molecule has 2 rings (SSSR count). The Morgan fingerprint density at radius 2 is 2.00 bits per heavy atom. The van der Waals surface area contributed by atoms with Crippen molar-refractivity contribution in [2.75, 3.05) is 26.2 Å². The van der Waals surface area contributed by atoms with Crippen molar-refractivity contribution in [3.8, 4) is 0 Å². The molecule has 1 aromatic heterocycles. The van der Waals surface area contributed by atoms with Crippen LogP contribution in [0, 0.1) is 0 Å². The molecule has 2 heterocycles. The van der Waals surface area contributed by atoms with Gasteiger partial charge in [0, 0.05) is 26.2 Å². The maximum absolute atomic E-state index is 12.6. The highest BCUT2D eigenvalue weighted by molar-refractivity contribution is 7.89. The third-order valence-electron chi connectivity index (χ3n) is 2.54. The second kappa shape index (κ2) is 4.67. The molecule has 1 saturated heterocycles. The van der Waals surface area contributed by atoms with Crippen LogP contribution in [0.3, 0.4) is 0 Å². The predicted octanol–water partition coefficient (Wildman–Crippen LogP) is -0.0588. The second-order valence-corrected chi connectivity index (χ2v) is 5.51. The average molecular weight is 266 g/mol. The van der Waals surface area contributed by atoms with Crippen molar-refractivity contribution in [3.63, 3.8) is 0 Å². The Hall–Kier alpha value is -1.06. The van der Waals surface area contributed by atoms with E-state index in [-0.39, 0.29) is 13.1 Å². The van der Waals surface area contributed by atoms with Gasteiger partial charge in [0.15, 0.2) is 0 Å². The van der Waals surface area contributed by atoms with Gasteiger partial charge in [-0.2, -0.15) is 9.40 Å². The lowest BCUT2D eigenvalue weighted by Gasteiger charge is -2.26. The first-order valence-corrected chi connectivity index (χ1v) is 6.50. The smallest absolute Gasteiger partial charge is 0.281 e. The van der Waals surface area contributed by atoms with E-state index < -0.39 is 27.0 Å². The van der Waals surface area contributed by atoms with Crippen LogP contribution in [0.15, 0.2) is 11.1 Å². The molecule has 0 spiro atoms. The van der Waals surface area contributed by atoms with Crippen LogP contribution in [0.1, 0.15) is 12.1 Å². The molecule has 0 aliphatic carbocycles. The Morgan fingerprint density at radius 3 is 2.59 bits per heavy atom. The van der Waals surface area contributed by atoms with E-state index in [4.69, 9.17) is 0 Å². The first-order chi connectivity index (χ1) is 8.03. The quantitative estimate of drug-likeness (QED) is 0.803. The third kappa shape index (κ3) is 2.31. The maximum Gasteiger partial charge on any atom is 0.281 e. The number of H-pyrrole nitrogens is 1. The molecule has 1 aliphatic heterocycles. The summed E-state index contributed by atoms with van der Waals surface area (Å²) in [6.07, 6.45) is -1.95. The minimum Gasteiger partial charge on any atom is -0.314 e. The number of nitrogens with zero attached hydrogens (tertiary/aromatic N) is 2. The molecule has 0 aromatic carbocycles. The zero-order valence-corrected chi connectivity index (χ0v) is 9.67. The summed E-state index contributed by atoms with van der Waals surface area (Å²) >= 11 is 0. The molecule has 1 aliphatic rings. The minimum atomic E-state index is -3.87. The maximum atomic E-state index is 12.6. The summed E-state index contributed by atoms with van der Waals surface area (Å²) in [7, 11) is -3.87. The van der Waals surface area contributed by atoms with E-state index in [1.54, 1.807) is 0 Å². The molecule has 17 heavy (non-hydrogen) atoms. The third-order valence-corrected chi connectivity index (χ3v) is 4.47. The molecule has 0 atom stereocenters. The molecule has 2 N–H and O–H groups in total. The van der Waals surface area contributed by atoms with Crippen LogP contribution in [0.2, 0.25) is 0 Å². The molecule has 9 heteroatoms. The standard InChI is InChI=1S/C8H12F2N4O2S/c9-8(10)7-6(5-12-13-7)17(15,16)14-3-1-11-2-4-14/h5,8,11H,1-4H2,(H,12,13). The van der Waals surface area contributed by atoms with Crippen molar-refractivity contribution < 1.29 is 17.2 Å². The lowest BCUT2D eigenvalue weighted by atomic mass is 10.4. The molecular weight excluding hydrogens is 254 g/mol. The van der Waals surface area contributed by atoms with Crippen molar-refractivity contribution in [1.29, 1.82) is 0 Å². The number of sulfonamides is 1. The largest absolute Gasteiger partial charge is 0.314 e. The highest BCUT2D eigenvalue weighted by Gasteiger charge is 2.31. The highest BCUT2D eigenvalue weighted by atomic mass is 32.2. The molecule has 96 valence electrons. The Bertz CT molecular complexity index is 481. The zero-order valence-electron chi connectivity index (χ0n) is 8.86. The molecule has 1 fully saturated rings. The van der Waals surface area contributed by atoms with Crippen molar-refractivity contribution >= 4 is 10.0 Å². The van der Waals surface area contributed by atoms with Gasteiger partial charge in [0.05, 0.1) is 6.20 Å². The number of hydrogen-bond donors (Lipinski definition) is 2. The van der Waals surface area contributed by atoms with Gasteiger partial charge in [-0.25, -0.2) is 17.2 Å². The Balaban J connectivity index is 2.33. The van der Waals surface area contributed by atoms with Crippen LogP contribution < -0.4 is 5.32 Å². The lowest BCUT2D eigenvalue weighted by molar-refractivity contribution is 0.142. The number of nitrogens with one attached hydrogen (secondary N) is 2. The van der Waals surface area contributed by atoms with E-state index in [2.05, 4.69) is 10.4 Å². The Kier molecular flexibility index (Phi) is 3.40. The highest BCUT2D eigenvalue weighted by Crippen LogP contribution is 2.26. The molecule has 0 unspecified atom stereocenters. The number of piperazine rings is 1. The van der Waals surface area contributed by atoms with E-state index in [0.717, 1.165) is 6.20 Å². The molecule has 0 saturated carbocycles. The van der Waals surface area contributed by atoms with E-state index >= 15 is 0 Å². The lowest BCUT2D eigenvalue weighted by Crippen LogP contribution is -2.46. The Labute approximate surface area is 97.0 Å². The summed E-state index contributed by atoms with van der Waals surface area (Å²) in [6.45, 7) is 1.58. The summed E-state index contributed by atoms with van der Waals surface area (Å²) in [5.41, 5.74) is -0.650. The normalized spacial score (nSPS) is 18.8. The average Bonchev–Trinajstić information content (AvgIpc) is 2.80. The van der Waals surface area contributed by atoms with Crippen LogP contribution in [0.25, 0.3) is 0 Å². The molecule has 0 bridgehead atoms. The predicted molar refractivity (Wildman–Crippen MR) is 55.2 cm³/mol. The molecule has 0 amide bonds. The van der Waals surface area contributed by atoms with Crippen molar-refractivity contribution in [2.24, 2.45) is 0 Å². The van der Waals surface area contributed by atoms with Gasteiger partial charge in [-0.15, -0.1) is 0 Å². The van der Waals surface area contributed by atoms with Gasteiger partial charge in [-0.1, -0.05) is 0 Å². The topological polar surface area (TPSA) is 78.1 Å².